The van der Waals surface area contributed by atoms with E-state index >= 15 is 0 Å². The van der Waals surface area contributed by atoms with Gasteiger partial charge >= 0.3 is 5.97 Å². The molecule has 1 rings (SSSR count). The fraction of sp³-hybridized carbons (Fsp3) is 0.364. The van der Waals surface area contributed by atoms with E-state index in [-0.39, 0.29) is 16.7 Å². The summed E-state index contributed by atoms with van der Waals surface area (Å²) in [6.45, 7) is 3.52. The van der Waals surface area contributed by atoms with Crippen molar-refractivity contribution in [3.63, 3.8) is 0 Å². The highest BCUT2D eigenvalue weighted by atomic mass is 35.5. The molecular formula is C11H12Cl2O3. The summed E-state index contributed by atoms with van der Waals surface area (Å²) in [4.78, 5) is 11.7. The summed E-state index contributed by atoms with van der Waals surface area (Å²) in [5.41, 5.74) is 0.197. The molecule has 0 spiro atoms. The number of ether oxygens (including phenoxy) is 2. The number of hydrogen-bond donors (Lipinski definition) is 0. The van der Waals surface area contributed by atoms with E-state index in [1.165, 1.54) is 19.2 Å². The van der Waals surface area contributed by atoms with E-state index in [9.17, 15) is 4.79 Å². The second-order valence-electron chi connectivity index (χ2n) is 3.42. The molecule has 0 bridgehead atoms. The number of carbonyl (C=O) groups excluding carboxylic acids is 1. The fourth-order valence-corrected chi connectivity index (χ4v) is 1.73. The number of carbonyl (C=O) groups is 1. The minimum absolute atomic E-state index is 0.197. The lowest BCUT2D eigenvalue weighted by Crippen LogP contribution is -2.13. The summed E-state index contributed by atoms with van der Waals surface area (Å²) in [6.07, 6.45) is -0.219. The van der Waals surface area contributed by atoms with E-state index in [1.807, 2.05) is 0 Å². The molecule has 0 atom stereocenters. The van der Waals surface area contributed by atoms with Crippen molar-refractivity contribution in [2.75, 3.05) is 7.11 Å². The lowest BCUT2D eigenvalue weighted by atomic mass is 10.2. The maximum absolute atomic E-state index is 11.7. The maximum atomic E-state index is 11.7. The third-order valence-electron chi connectivity index (χ3n) is 1.79. The lowest BCUT2D eigenvalue weighted by molar-refractivity contribution is 0.0374. The SMILES string of the molecule is COc1cc(Cl)cc(Cl)c1C(=O)OC(C)C. The Labute approximate surface area is 104 Å². The van der Waals surface area contributed by atoms with Crippen LogP contribution in [0.4, 0.5) is 0 Å². The summed E-state index contributed by atoms with van der Waals surface area (Å²) >= 11 is 11.7. The molecule has 0 aliphatic heterocycles. The van der Waals surface area contributed by atoms with E-state index in [2.05, 4.69) is 0 Å². The van der Waals surface area contributed by atoms with Gasteiger partial charge in [-0.1, -0.05) is 23.2 Å². The molecule has 1 aromatic carbocycles. The molecule has 0 fully saturated rings. The molecule has 0 saturated carbocycles. The second-order valence-corrected chi connectivity index (χ2v) is 4.26. The van der Waals surface area contributed by atoms with Crippen LogP contribution >= 0.6 is 23.2 Å². The quantitative estimate of drug-likeness (QED) is 0.782. The highest BCUT2D eigenvalue weighted by Crippen LogP contribution is 2.31. The predicted molar refractivity (Wildman–Crippen MR) is 63.6 cm³/mol. The first kappa shape index (κ1) is 13.1. The van der Waals surface area contributed by atoms with Crippen molar-refractivity contribution >= 4 is 29.2 Å². The first-order chi connectivity index (χ1) is 7.45. The Morgan fingerprint density at radius 2 is 1.94 bits per heavy atom. The van der Waals surface area contributed by atoms with Gasteiger partial charge in [-0.2, -0.15) is 0 Å². The Hall–Kier alpha value is -0.930. The first-order valence-corrected chi connectivity index (χ1v) is 5.45. The van der Waals surface area contributed by atoms with Gasteiger partial charge in [-0.25, -0.2) is 4.79 Å². The summed E-state index contributed by atoms with van der Waals surface area (Å²) in [5.74, 6) is -0.211. The molecule has 16 heavy (non-hydrogen) atoms. The lowest BCUT2D eigenvalue weighted by Gasteiger charge is -2.12. The molecule has 5 heteroatoms. The molecule has 0 aliphatic rings. The topological polar surface area (TPSA) is 35.5 Å². The molecule has 0 N–H and O–H groups in total. The van der Waals surface area contributed by atoms with Crippen LogP contribution in [0.15, 0.2) is 12.1 Å². The Kier molecular flexibility index (Phi) is 4.44. The normalized spacial score (nSPS) is 10.4. The molecule has 1 aromatic rings. The van der Waals surface area contributed by atoms with Crippen molar-refractivity contribution in [1.82, 2.24) is 0 Å². The van der Waals surface area contributed by atoms with Gasteiger partial charge in [0.05, 0.1) is 18.2 Å². The Balaban J connectivity index is 3.16. The molecule has 0 amide bonds. The van der Waals surface area contributed by atoms with Crippen molar-refractivity contribution < 1.29 is 14.3 Å². The highest BCUT2D eigenvalue weighted by Gasteiger charge is 2.19. The van der Waals surface area contributed by atoms with E-state index in [1.54, 1.807) is 13.8 Å². The third-order valence-corrected chi connectivity index (χ3v) is 2.30. The van der Waals surface area contributed by atoms with Gasteiger partial charge in [-0.05, 0) is 26.0 Å². The first-order valence-electron chi connectivity index (χ1n) is 4.69. The average molecular weight is 263 g/mol. The van der Waals surface area contributed by atoms with Crippen molar-refractivity contribution in [3.05, 3.63) is 27.7 Å². The summed E-state index contributed by atoms with van der Waals surface area (Å²) in [5, 5.41) is 0.623. The molecular weight excluding hydrogens is 251 g/mol. The molecule has 0 aromatic heterocycles. The van der Waals surface area contributed by atoms with Crippen molar-refractivity contribution in [3.8, 4) is 5.75 Å². The zero-order valence-electron chi connectivity index (χ0n) is 9.21. The maximum Gasteiger partial charge on any atom is 0.343 e. The van der Waals surface area contributed by atoms with Gasteiger partial charge in [0.25, 0.3) is 0 Å². The van der Waals surface area contributed by atoms with Crippen LogP contribution < -0.4 is 4.74 Å². The van der Waals surface area contributed by atoms with E-state index in [0.717, 1.165) is 0 Å². The number of methoxy groups -OCH3 is 1. The number of esters is 1. The molecule has 0 saturated heterocycles. The largest absolute Gasteiger partial charge is 0.496 e. The Bertz CT molecular complexity index is 402. The Morgan fingerprint density at radius 3 is 2.44 bits per heavy atom. The van der Waals surface area contributed by atoms with E-state index in [0.29, 0.717) is 10.8 Å². The van der Waals surface area contributed by atoms with Crippen LogP contribution in [-0.4, -0.2) is 19.2 Å². The average Bonchev–Trinajstić information content (AvgIpc) is 2.14. The number of rotatable bonds is 3. The molecule has 0 unspecified atom stereocenters. The minimum Gasteiger partial charge on any atom is -0.496 e. The standard InChI is InChI=1S/C11H12Cl2O3/c1-6(2)16-11(14)10-8(13)4-7(12)5-9(10)15-3/h4-6H,1-3H3. The van der Waals surface area contributed by atoms with E-state index in [4.69, 9.17) is 32.7 Å². The van der Waals surface area contributed by atoms with Gasteiger partial charge < -0.3 is 9.47 Å². The predicted octanol–water partition coefficient (Wildman–Crippen LogP) is 3.57. The van der Waals surface area contributed by atoms with Crippen LogP contribution in [0.25, 0.3) is 0 Å². The minimum atomic E-state index is -0.520. The van der Waals surface area contributed by atoms with Gasteiger partial charge in [-0.15, -0.1) is 0 Å². The van der Waals surface area contributed by atoms with Gasteiger partial charge in [-0.3, -0.25) is 0 Å². The molecule has 0 aliphatic carbocycles. The zero-order chi connectivity index (χ0) is 12.3. The fourth-order valence-electron chi connectivity index (χ4n) is 1.18. The molecule has 88 valence electrons. The number of benzene rings is 1. The van der Waals surface area contributed by atoms with Crippen LogP contribution in [0.1, 0.15) is 24.2 Å². The van der Waals surface area contributed by atoms with Crippen LogP contribution in [-0.2, 0) is 4.74 Å². The van der Waals surface area contributed by atoms with Crippen molar-refractivity contribution in [2.45, 2.75) is 20.0 Å². The van der Waals surface area contributed by atoms with Crippen LogP contribution in [0, 0.1) is 0 Å². The van der Waals surface area contributed by atoms with Crippen LogP contribution in [0.3, 0.4) is 0 Å². The zero-order valence-corrected chi connectivity index (χ0v) is 10.7. The Morgan fingerprint density at radius 1 is 1.31 bits per heavy atom. The molecule has 0 radical (unpaired) electrons. The second kappa shape index (κ2) is 5.41. The summed E-state index contributed by atoms with van der Waals surface area (Å²) in [7, 11) is 1.44. The van der Waals surface area contributed by atoms with Gasteiger partial charge in [0.15, 0.2) is 0 Å². The van der Waals surface area contributed by atoms with Crippen molar-refractivity contribution in [1.29, 1.82) is 0 Å². The number of halogens is 2. The van der Waals surface area contributed by atoms with Crippen molar-refractivity contribution in [2.24, 2.45) is 0 Å². The van der Waals surface area contributed by atoms with Crippen LogP contribution in [0.5, 0.6) is 5.75 Å². The van der Waals surface area contributed by atoms with Crippen LogP contribution in [0.2, 0.25) is 10.0 Å². The molecule has 0 heterocycles. The van der Waals surface area contributed by atoms with Gasteiger partial charge in [0.1, 0.15) is 11.3 Å². The van der Waals surface area contributed by atoms with Gasteiger partial charge in [0.2, 0.25) is 0 Å². The van der Waals surface area contributed by atoms with E-state index < -0.39 is 5.97 Å². The summed E-state index contributed by atoms with van der Waals surface area (Å²) in [6, 6.07) is 2.99. The monoisotopic (exact) mass is 262 g/mol. The van der Waals surface area contributed by atoms with Gasteiger partial charge in [0, 0.05) is 5.02 Å². The highest BCUT2D eigenvalue weighted by molar-refractivity contribution is 6.37. The summed E-state index contributed by atoms with van der Waals surface area (Å²) < 4.78 is 10.1. The number of hydrogen-bond acceptors (Lipinski definition) is 3. The molecule has 3 nitrogen and oxygen atoms in total. The third kappa shape index (κ3) is 3.03. The smallest absolute Gasteiger partial charge is 0.343 e.